The molecule has 78 valence electrons. The van der Waals surface area contributed by atoms with Crippen molar-refractivity contribution < 1.29 is 8.78 Å². The van der Waals surface area contributed by atoms with Crippen LogP contribution in [0.15, 0.2) is 24.5 Å². The van der Waals surface area contributed by atoms with Crippen LogP contribution in [0.25, 0.3) is 5.69 Å². The molecule has 0 saturated heterocycles. The number of nitrogens with two attached hydrogens (primary N) is 1. The lowest BCUT2D eigenvalue weighted by molar-refractivity contribution is 0.561. The number of aromatic nitrogens is 2. The first kappa shape index (κ1) is 9.92. The van der Waals surface area contributed by atoms with Gasteiger partial charge >= 0.3 is 0 Å². The summed E-state index contributed by atoms with van der Waals surface area (Å²) in [7, 11) is 0. The molecule has 0 atom stereocenters. The summed E-state index contributed by atoms with van der Waals surface area (Å²) < 4.78 is 27.8. The van der Waals surface area contributed by atoms with Gasteiger partial charge in [-0.2, -0.15) is 5.10 Å². The van der Waals surface area contributed by atoms with E-state index in [0.717, 1.165) is 16.8 Å². The molecule has 0 spiro atoms. The summed E-state index contributed by atoms with van der Waals surface area (Å²) >= 11 is 5.59. The lowest BCUT2D eigenvalue weighted by atomic mass is 10.2. The highest BCUT2D eigenvalue weighted by Gasteiger charge is 2.13. The molecule has 0 aliphatic carbocycles. The van der Waals surface area contributed by atoms with Gasteiger partial charge in [-0.1, -0.05) is 11.6 Å². The van der Waals surface area contributed by atoms with Gasteiger partial charge in [0.15, 0.2) is 11.6 Å². The highest BCUT2D eigenvalue weighted by atomic mass is 35.5. The minimum atomic E-state index is -0.785. The van der Waals surface area contributed by atoms with Gasteiger partial charge in [-0.15, -0.1) is 0 Å². The summed E-state index contributed by atoms with van der Waals surface area (Å²) in [6, 6.07) is 2.04. The van der Waals surface area contributed by atoms with Crippen LogP contribution in [-0.2, 0) is 0 Å². The van der Waals surface area contributed by atoms with Crippen molar-refractivity contribution in [2.75, 3.05) is 5.73 Å². The fourth-order valence-electron chi connectivity index (χ4n) is 1.23. The molecule has 2 aromatic rings. The number of hydrogen-bond donors (Lipinski definition) is 1. The van der Waals surface area contributed by atoms with Crippen LogP contribution in [0.5, 0.6) is 0 Å². The molecule has 0 aliphatic heterocycles. The van der Waals surface area contributed by atoms with E-state index in [-0.39, 0.29) is 11.4 Å². The first-order chi connectivity index (χ1) is 7.08. The quantitative estimate of drug-likeness (QED) is 0.763. The molecule has 0 aliphatic rings. The van der Waals surface area contributed by atoms with Crippen LogP contribution in [0, 0.1) is 11.6 Å². The van der Waals surface area contributed by atoms with Gasteiger partial charge in [0.2, 0.25) is 0 Å². The Labute approximate surface area is 89.1 Å². The lowest BCUT2D eigenvalue weighted by Gasteiger charge is -2.05. The third kappa shape index (κ3) is 1.78. The predicted octanol–water partition coefficient (Wildman–Crippen LogP) is 2.39. The third-order valence-electron chi connectivity index (χ3n) is 1.82. The molecule has 1 aromatic heterocycles. The summed E-state index contributed by atoms with van der Waals surface area (Å²) in [4.78, 5) is 0. The lowest BCUT2D eigenvalue weighted by Crippen LogP contribution is -2.03. The van der Waals surface area contributed by atoms with E-state index in [9.17, 15) is 8.78 Å². The third-order valence-corrected chi connectivity index (χ3v) is 2.01. The van der Waals surface area contributed by atoms with Crippen molar-refractivity contribution in [3.63, 3.8) is 0 Å². The number of benzene rings is 1. The summed E-state index contributed by atoms with van der Waals surface area (Å²) in [5, 5.41) is 4.00. The fraction of sp³-hybridized carbons (Fsp3) is 0. The predicted molar refractivity (Wildman–Crippen MR) is 52.9 cm³/mol. The van der Waals surface area contributed by atoms with Gasteiger partial charge < -0.3 is 5.73 Å². The largest absolute Gasteiger partial charge is 0.399 e. The molecule has 0 radical (unpaired) electrons. The van der Waals surface area contributed by atoms with Crippen molar-refractivity contribution in [3.05, 3.63) is 41.2 Å². The summed E-state index contributed by atoms with van der Waals surface area (Å²) in [5.41, 5.74) is 5.00. The smallest absolute Gasteiger partial charge is 0.153 e. The summed E-state index contributed by atoms with van der Waals surface area (Å²) in [6.45, 7) is 0. The summed E-state index contributed by atoms with van der Waals surface area (Å²) in [5.74, 6) is -1.57. The molecule has 1 heterocycles. The first-order valence-corrected chi connectivity index (χ1v) is 4.41. The SMILES string of the molecule is Nc1cc(F)c(-n2cc(Cl)cn2)c(F)c1. The van der Waals surface area contributed by atoms with Crippen LogP contribution in [-0.4, -0.2) is 9.78 Å². The topological polar surface area (TPSA) is 43.8 Å². The van der Waals surface area contributed by atoms with E-state index >= 15 is 0 Å². The zero-order valence-electron chi connectivity index (χ0n) is 7.42. The van der Waals surface area contributed by atoms with E-state index in [4.69, 9.17) is 17.3 Å². The first-order valence-electron chi connectivity index (χ1n) is 4.03. The van der Waals surface area contributed by atoms with Crippen LogP contribution >= 0.6 is 11.6 Å². The van der Waals surface area contributed by atoms with E-state index in [0.29, 0.717) is 5.02 Å². The van der Waals surface area contributed by atoms with Crippen molar-refractivity contribution in [2.45, 2.75) is 0 Å². The highest BCUT2D eigenvalue weighted by Crippen LogP contribution is 2.21. The van der Waals surface area contributed by atoms with Crippen LogP contribution in [0.2, 0.25) is 5.02 Å². The molecule has 15 heavy (non-hydrogen) atoms. The Morgan fingerprint density at radius 3 is 2.33 bits per heavy atom. The van der Waals surface area contributed by atoms with Gasteiger partial charge in [0.05, 0.1) is 11.2 Å². The second kappa shape index (κ2) is 3.51. The Morgan fingerprint density at radius 2 is 1.87 bits per heavy atom. The molecule has 3 nitrogen and oxygen atoms in total. The minimum absolute atomic E-state index is 0.0204. The van der Waals surface area contributed by atoms with Crippen molar-refractivity contribution in [1.82, 2.24) is 9.78 Å². The molecule has 0 bridgehead atoms. The zero-order chi connectivity index (χ0) is 11.0. The van der Waals surface area contributed by atoms with Gasteiger partial charge in [0.25, 0.3) is 0 Å². The summed E-state index contributed by atoms with van der Waals surface area (Å²) in [6.07, 6.45) is 2.59. The number of hydrogen-bond acceptors (Lipinski definition) is 2. The van der Waals surface area contributed by atoms with E-state index < -0.39 is 11.6 Å². The van der Waals surface area contributed by atoms with Crippen molar-refractivity contribution in [3.8, 4) is 5.69 Å². The highest BCUT2D eigenvalue weighted by molar-refractivity contribution is 6.30. The normalized spacial score (nSPS) is 10.6. The average molecular weight is 230 g/mol. The number of nitrogen functional groups attached to an aromatic ring is 1. The van der Waals surface area contributed by atoms with E-state index in [1.54, 1.807) is 0 Å². The number of anilines is 1. The molecule has 0 saturated carbocycles. The van der Waals surface area contributed by atoms with Gasteiger partial charge in [-0.3, -0.25) is 0 Å². The minimum Gasteiger partial charge on any atom is -0.399 e. The van der Waals surface area contributed by atoms with Crippen molar-refractivity contribution in [1.29, 1.82) is 0 Å². The van der Waals surface area contributed by atoms with Crippen LogP contribution < -0.4 is 5.73 Å². The van der Waals surface area contributed by atoms with E-state index in [1.165, 1.54) is 12.4 Å². The van der Waals surface area contributed by atoms with Gasteiger partial charge in [-0.25, -0.2) is 13.5 Å². The Hall–Kier alpha value is -1.62. The van der Waals surface area contributed by atoms with Gasteiger partial charge in [0.1, 0.15) is 5.69 Å². The van der Waals surface area contributed by atoms with Crippen LogP contribution in [0.4, 0.5) is 14.5 Å². The molecule has 1 aromatic carbocycles. The molecular formula is C9H6ClF2N3. The molecule has 2 rings (SSSR count). The average Bonchev–Trinajstić information content (AvgIpc) is 2.49. The number of rotatable bonds is 1. The molecular weight excluding hydrogens is 224 g/mol. The molecule has 6 heteroatoms. The second-order valence-electron chi connectivity index (χ2n) is 2.94. The number of nitrogens with zero attached hydrogens (tertiary/aromatic N) is 2. The maximum atomic E-state index is 13.4. The Morgan fingerprint density at radius 1 is 1.27 bits per heavy atom. The van der Waals surface area contributed by atoms with Crippen molar-refractivity contribution >= 4 is 17.3 Å². The molecule has 2 N–H and O–H groups in total. The number of halogens is 3. The Kier molecular flexibility index (Phi) is 2.32. The van der Waals surface area contributed by atoms with E-state index in [2.05, 4.69) is 5.10 Å². The monoisotopic (exact) mass is 229 g/mol. The molecule has 0 fully saturated rings. The van der Waals surface area contributed by atoms with Crippen LogP contribution in [0.3, 0.4) is 0 Å². The van der Waals surface area contributed by atoms with Crippen LogP contribution in [0.1, 0.15) is 0 Å². The Bertz CT molecular complexity index is 487. The second-order valence-corrected chi connectivity index (χ2v) is 3.37. The maximum Gasteiger partial charge on any atom is 0.153 e. The fourth-order valence-corrected chi connectivity index (χ4v) is 1.36. The maximum absolute atomic E-state index is 13.4. The van der Waals surface area contributed by atoms with E-state index in [1.807, 2.05) is 0 Å². The van der Waals surface area contributed by atoms with Gasteiger partial charge in [-0.05, 0) is 12.1 Å². The zero-order valence-corrected chi connectivity index (χ0v) is 8.17. The standard InChI is InChI=1S/C9H6ClF2N3/c10-5-3-14-15(4-5)9-7(11)1-6(13)2-8(9)12/h1-4H,13H2. The molecule has 0 unspecified atom stereocenters. The van der Waals surface area contributed by atoms with Crippen molar-refractivity contribution in [2.24, 2.45) is 0 Å². The van der Waals surface area contributed by atoms with Gasteiger partial charge in [0, 0.05) is 11.9 Å². The Balaban J connectivity index is 2.62. The molecule has 0 amide bonds.